The summed E-state index contributed by atoms with van der Waals surface area (Å²) in [5.41, 5.74) is 0.384. The molecule has 4 heteroatoms. The van der Waals surface area contributed by atoms with Crippen molar-refractivity contribution in [2.45, 2.75) is 58.0 Å². The summed E-state index contributed by atoms with van der Waals surface area (Å²) in [6.45, 7) is 2.87. The van der Waals surface area contributed by atoms with Crippen molar-refractivity contribution in [1.29, 1.82) is 0 Å². The summed E-state index contributed by atoms with van der Waals surface area (Å²) in [6.07, 6.45) is 8.38. The first-order valence-corrected chi connectivity index (χ1v) is 9.58. The summed E-state index contributed by atoms with van der Waals surface area (Å²) < 4.78 is 0. The zero-order valence-electron chi connectivity index (χ0n) is 13.3. The molecular weight excluding hydrogens is 292 g/mol. The van der Waals surface area contributed by atoms with Gasteiger partial charge in [-0.3, -0.25) is 0 Å². The first-order chi connectivity index (χ1) is 10.6. The molecule has 5 rings (SSSR count). The first-order valence-electron chi connectivity index (χ1n) is 8.70. The van der Waals surface area contributed by atoms with Crippen LogP contribution >= 0.6 is 11.3 Å². The van der Waals surface area contributed by atoms with Crippen LogP contribution in [0.15, 0.2) is 17.5 Å². The zero-order chi connectivity index (χ0) is 15.2. The Kier molecular flexibility index (Phi) is 3.67. The maximum atomic E-state index is 12.2. The molecule has 1 aromatic heterocycles. The highest BCUT2D eigenvalue weighted by Gasteiger charge is 2.53. The Hall–Kier alpha value is -1.03. The molecule has 2 amide bonds. The molecule has 120 valence electrons. The molecule has 4 fully saturated rings. The number of nitrogens with one attached hydrogen (secondary N) is 2. The lowest BCUT2D eigenvalue weighted by atomic mass is 9.48. The average molecular weight is 318 g/mol. The molecular formula is C18H26N2OS. The van der Waals surface area contributed by atoms with Crippen molar-refractivity contribution in [2.75, 3.05) is 0 Å². The molecule has 4 bridgehead atoms. The van der Waals surface area contributed by atoms with Gasteiger partial charge in [0.1, 0.15) is 0 Å². The van der Waals surface area contributed by atoms with E-state index < -0.39 is 0 Å². The summed E-state index contributed by atoms with van der Waals surface area (Å²) in [6, 6.07) is 4.38. The van der Waals surface area contributed by atoms with Crippen LogP contribution in [0.1, 0.15) is 50.3 Å². The topological polar surface area (TPSA) is 41.1 Å². The predicted molar refractivity (Wildman–Crippen MR) is 89.8 cm³/mol. The van der Waals surface area contributed by atoms with Crippen LogP contribution in [0.4, 0.5) is 4.79 Å². The van der Waals surface area contributed by atoms with E-state index in [-0.39, 0.29) is 6.03 Å². The van der Waals surface area contributed by atoms with E-state index in [1.54, 1.807) is 11.3 Å². The van der Waals surface area contributed by atoms with Crippen LogP contribution in [-0.4, -0.2) is 12.1 Å². The van der Waals surface area contributed by atoms with E-state index in [0.29, 0.717) is 18.0 Å². The molecule has 22 heavy (non-hydrogen) atoms. The Morgan fingerprint density at radius 3 is 2.45 bits per heavy atom. The number of urea groups is 1. The standard InChI is InChI=1S/C18H26N2OS/c1-12(20-17(21)19-11-16-3-2-4-22-16)18-8-13-5-14(9-18)7-15(6-13)10-18/h2-4,12-15H,5-11H2,1H3,(H2,19,20,21). The third kappa shape index (κ3) is 2.66. The van der Waals surface area contributed by atoms with Crippen molar-refractivity contribution >= 4 is 17.4 Å². The van der Waals surface area contributed by atoms with E-state index >= 15 is 0 Å². The molecule has 0 radical (unpaired) electrons. The molecule has 4 aliphatic carbocycles. The normalized spacial score (nSPS) is 37.0. The number of hydrogen-bond acceptors (Lipinski definition) is 2. The van der Waals surface area contributed by atoms with Gasteiger partial charge in [0.2, 0.25) is 0 Å². The van der Waals surface area contributed by atoms with Gasteiger partial charge in [-0.05, 0) is 80.1 Å². The number of hydrogen-bond donors (Lipinski definition) is 2. The Balaban J connectivity index is 1.35. The van der Waals surface area contributed by atoms with Crippen molar-refractivity contribution in [3.05, 3.63) is 22.4 Å². The van der Waals surface area contributed by atoms with Gasteiger partial charge in [0.05, 0.1) is 6.54 Å². The molecule has 2 N–H and O–H groups in total. The van der Waals surface area contributed by atoms with Crippen LogP contribution in [0.25, 0.3) is 0 Å². The second-order valence-corrected chi connectivity index (χ2v) is 8.94. The molecule has 0 aliphatic heterocycles. The fraction of sp³-hybridized carbons (Fsp3) is 0.722. The monoisotopic (exact) mass is 318 g/mol. The van der Waals surface area contributed by atoms with Crippen molar-refractivity contribution in [3.63, 3.8) is 0 Å². The summed E-state index contributed by atoms with van der Waals surface area (Å²) in [5, 5.41) is 8.31. The highest BCUT2D eigenvalue weighted by atomic mass is 32.1. The molecule has 0 aromatic carbocycles. The zero-order valence-corrected chi connectivity index (χ0v) is 14.1. The van der Waals surface area contributed by atoms with E-state index in [1.165, 1.54) is 43.4 Å². The van der Waals surface area contributed by atoms with Crippen LogP contribution in [0.2, 0.25) is 0 Å². The highest BCUT2D eigenvalue weighted by Crippen LogP contribution is 2.61. The second-order valence-electron chi connectivity index (χ2n) is 7.91. The molecule has 4 saturated carbocycles. The summed E-state index contributed by atoms with van der Waals surface area (Å²) >= 11 is 1.69. The van der Waals surface area contributed by atoms with Gasteiger partial charge >= 0.3 is 6.03 Å². The van der Waals surface area contributed by atoms with E-state index in [2.05, 4.69) is 23.6 Å². The van der Waals surface area contributed by atoms with Gasteiger partial charge < -0.3 is 10.6 Å². The van der Waals surface area contributed by atoms with Crippen molar-refractivity contribution in [3.8, 4) is 0 Å². The molecule has 3 nitrogen and oxygen atoms in total. The third-order valence-electron chi connectivity index (χ3n) is 6.36. The summed E-state index contributed by atoms with van der Waals surface area (Å²) in [5.74, 6) is 2.80. The van der Waals surface area contributed by atoms with Crippen molar-refractivity contribution < 1.29 is 4.79 Å². The van der Waals surface area contributed by atoms with Crippen LogP contribution in [0.5, 0.6) is 0 Å². The van der Waals surface area contributed by atoms with Gasteiger partial charge in [0.25, 0.3) is 0 Å². The van der Waals surface area contributed by atoms with Gasteiger partial charge in [-0.15, -0.1) is 11.3 Å². The number of carbonyl (C=O) groups is 1. The quantitative estimate of drug-likeness (QED) is 0.860. The molecule has 0 saturated heterocycles. The third-order valence-corrected chi connectivity index (χ3v) is 7.23. The van der Waals surface area contributed by atoms with Crippen LogP contribution in [0.3, 0.4) is 0 Å². The van der Waals surface area contributed by atoms with Gasteiger partial charge in [-0.25, -0.2) is 4.79 Å². The molecule has 0 spiro atoms. The fourth-order valence-electron chi connectivity index (χ4n) is 5.69. The van der Waals surface area contributed by atoms with E-state index in [0.717, 1.165) is 17.8 Å². The van der Waals surface area contributed by atoms with E-state index in [9.17, 15) is 4.79 Å². The minimum absolute atomic E-state index is 0.00311. The largest absolute Gasteiger partial charge is 0.335 e. The minimum Gasteiger partial charge on any atom is -0.335 e. The van der Waals surface area contributed by atoms with E-state index in [4.69, 9.17) is 0 Å². The van der Waals surface area contributed by atoms with Crippen LogP contribution in [-0.2, 0) is 6.54 Å². The SMILES string of the molecule is CC(NC(=O)NCc1cccs1)C12CC3CC(CC(C3)C1)C2. The van der Waals surface area contributed by atoms with Gasteiger partial charge in [-0.2, -0.15) is 0 Å². The molecule has 1 aromatic rings. The van der Waals surface area contributed by atoms with Gasteiger partial charge in [0.15, 0.2) is 0 Å². The molecule has 1 atom stereocenters. The molecule has 1 heterocycles. The Bertz CT molecular complexity index is 504. The lowest BCUT2D eigenvalue weighted by molar-refractivity contribution is -0.0682. The van der Waals surface area contributed by atoms with E-state index in [1.807, 2.05) is 11.4 Å². The van der Waals surface area contributed by atoms with Crippen molar-refractivity contribution in [2.24, 2.45) is 23.2 Å². The Morgan fingerprint density at radius 2 is 1.91 bits per heavy atom. The van der Waals surface area contributed by atoms with Crippen LogP contribution in [0, 0.1) is 23.2 Å². The number of thiophene rings is 1. The summed E-state index contributed by atoms with van der Waals surface area (Å²) in [4.78, 5) is 13.4. The summed E-state index contributed by atoms with van der Waals surface area (Å²) in [7, 11) is 0. The van der Waals surface area contributed by atoms with Gasteiger partial charge in [0, 0.05) is 10.9 Å². The Labute approximate surface area is 136 Å². The van der Waals surface area contributed by atoms with Gasteiger partial charge in [-0.1, -0.05) is 6.07 Å². The first kappa shape index (κ1) is 14.6. The number of amides is 2. The average Bonchev–Trinajstić information content (AvgIpc) is 2.97. The van der Waals surface area contributed by atoms with Crippen LogP contribution < -0.4 is 10.6 Å². The second kappa shape index (κ2) is 5.55. The highest BCUT2D eigenvalue weighted by molar-refractivity contribution is 7.09. The number of carbonyl (C=O) groups excluding carboxylic acids is 1. The maximum Gasteiger partial charge on any atom is 0.315 e. The maximum absolute atomic E-state index is 12.2. The van der Waals surface area contributed by atoms with Crippen molar-refractivity contribution in [1.82, 2.24) is 10.6 Å². The number of rotatable bonds is 4. The fourth-order valence-corrected chi connectivity index (χ4v) is 6.33. The Morgan fingerprint density at radius 1 is 1.27 bits per heavy atom. The smallest absolute Gasteiger partial charge is 0.315 e. The lowest BCUT2D eigenvalue weighted by Gasteiger charge is -2.59. The molecule has 1 unspecified atom stereocenters. The lowest BCUT2D eigenvalue weighted by Crippen LogP contribution is -2.57. The minimum atomic E-state index is -0.00311. The predicted octanol–water partition coefficient (Wildman–Crippen LogP) is 4.15. The molecule has 4 aliphatic rings.